The molecule has 3 aromatic rings. The summed E-state index contributed by atoms with van der Waals surface area (Å²) in [5.74, 6) is -1.15. The zero-order chi connectivity index (χ0) is 29.2. The van der Waals surface area contributed by atoms with Gasteiger partial charge in [0.15, 0.2) is 5.79 Å². The molecule has 2 N–H and O–H groups in total. The van der Waals surface area contributed by atoms with E-state index in [2.05, 4.69) is 0 Å². The van der Waals surface area contributed by atoms with E-state index in [4.69, 9.17) is 14.2 Å². The maximum absolute atomic E-state index is 15.2. The van der Waals surface area contributed by atoms with Gasteiger partial charge in [0.2, 0.25) is 0 Å². The van der Waals surface area contributed by atoms with Gasteiger partial charge in [-0.3, -0.25) is 4.79 Å². The smallest absolute Gasteiger partial charge is 0.303 e. The van der Waals surface area contributed by atoms with E-state index >= 15 is 4.39 Å². The minimum absolute atomic E-state index is 0.0490. The Kier molecular flexibility index (Phi) is 8.39. The lowest BCUT2D eigenvalue weighted by molar-refractivity contribution is -0.297. The second-order valence-electron chi connectivity index (χ2n) is 12.0. The molecule has 0 amide bonds. The Labute approximate surface area is 241 Å². The maximum Gasteiger partial charge on any atom is 0.303 e. The molecule has 2 fully saturated rings. The van der Waals surface area contributed by atoms with E-state index < -0.39 is 23.0 Å². The van der Waals surface area contributed by atoms with Gasteiger partial charge >= 0.3 is 5.97 Å². The van der Waals surface area contributed by atoms with Crippen LogP contribution in [0.4, 0.5) is 4.39 Å². The monoisotopic (exact) mass is 562 g/mol. The first kappa shape index (κ1) is 29.1. The van der Waals surface area contributed by atoms with Crippen molar-refractivity contribution < 1.29 is 33.6 Å². The van der Waals surface area contributed by atoms with Crippen LogP contribution in [0.1, 0.15) is 75.0 Å². The summed E-state index contributed by atoms with van der Waals surface area (Å²) in [7, 11) is 1.53. The number of hydrogen-bond donors (Lipinski definition) is 2. The van der Waals surface area contributed by atoms with Crippen molar-refractivity contribution in [2.24, 2.45) is 11.3 Å². The van der Waals surface area contributed by atoms with Crippen LogP contribution >= 0.6 is 0 Å². The molecule has 218 valence electrons. The highest BCUT2D eigenvalue weighted by molar-refractivity contribution is 5.71. The molecule has 7 heteroatoms. The average molecular weight is 563 g/mol. The van der Waals surface area contributed by atoms with E-state index in [9.17, 15) is 15.0 Å². The van der Waals surface area contributed by atoms with Crippen LogP contribution in [-0.4, -0.2) is 29.9 Å². The lowest BCUT2D eigenvalue weighted by Crippen LogP contribution is -2.48. The first-order chi connectivity index (χ1) is 19.6. The molecule has 2 atom stereocenters. The van der Waals surface area contributed by atoms with E-state index in [-0.39, 0.29) is 18.9 Å². The van der Waals surface area contributed by atoms with Gasteiger partial charge in [-0.2, -0.15) is 0 Å². The van der Waals surface area contributed by atoms with Crippen molar-refractivity contribution in [2.75, 3.05) is 13.7 Å². The van der Waals surface area contributed by atoms with Gasteiger partial charge < -0.3 is 24.4 Å². The highest BCUT2D eigenvalue weighted by atomic mass is 19.1. The standard InChI is InChI=1S/C34H39FO6/c1-33(2)14-5-15-41-34(33,38)30-17-23(10-12-28(30)29-20-26(39-3)11-13-31(29)35)21-40-27-7-4-6-24(18-27)25(19-32(36)37)16-22-8-9-22/h4,6-7,10-13,17-18,20,22,25,38H,5,8-9,14-16,19,21H2,1-3H3,(H,36,37)/t25-,34?/m0/s1. The van der Waals surface area contributed by atoms with Crippen LogP contribution in [0.25, 0.3) is 11.1 Å². The third-order valence-corrected chi connectivity index (χ3v) is 8.56. The van der Waals surface area contributed by atoms with Crippen LogP contribution in [0.3, 0.4) is 0 Å². The van der Waals surface area contributed by atoms with E-state index in [1.807, 2.05) is 50.2 Å². The summed E-state index contributed by atoms with van der Waals surface area (Å²) in [6.45, 7) is 4.52. The predicted octanol–water partition coefficient (Wildman–Crippen LogP) is 7.42. The average Bonchev–Trinajstić information content (AvgIpc) is 3.77. The van der Waals surface area contributed by atoms with Crippen molar-refractivity contribution in [2.45, 2.75) is 70.7 Å². The molecule has 2 aliphatic rings. The van der Waals surface area contributed by atoms with Crippen molar-refractivity contribution in [3.8, 4) is 22.6 Å². The molecular formula is C34H39FO6. The number of aliphatic carboxylic acids is 1. The minimum atomic E-state index is -1.64. The van der Waals surface area contributed by atoms with Gasteiger partial charge in [-0.25, -0.2) is 4.39 Å². The van der Waals surface area contributed by atoms with Gasteiger partial charge in [0.1, 0.15) is 23.9 Å². The zero-order valence-corrected chi connectivity index (χ0v) is 24.0. The first-order valence-electron chi connectivity index (χ1n) is 14.4. The van der Waals surface area contributed by atoms with Gasteiger partial charge in [0, 0.05) is 16.5 Å². The molecule has 1 saturated carbocycles. The molecule has 0 spiro atoms. The molecule has 1 aliphatic heterocycles. The molecule has 0 radical (unpaired) electrons. The summed E-state index contributed by atoms with van der Waals surface area (Å²) >= 11 is 0. The second-order valence-corrected chi connectivity index (χ2v) is 12.0. The number of aliphatic hydroxyl groups is 1. The van der Waals surface area contributed by atoms with Gasteiger partial charge in [-0.15, -0.1) is 0 Å². The summed E-state index contributed by atoms with van der Waals surface area (Å²) in [5.41, 5.74) is 2.46. The molecule has 0 aromatic heterocycles. The first-order valence-corrected chi connectivity index (χ1v) is 14.4. The number of benzene rings is 3. The van der Waals surface area contributed by atoms with Gasteiger partial charge in [-0.1, -0.05) is 51.0 Å². The minimum Gasteiger partial charge on any atom is -0.497 e. The number of carboxylic acid groups (broad SMARTS) is 1. The highest BCUT2D eigenvalue weighted by Gasteiger charge is 2.49. The fourth-order valence-corrected chi connectivity index (χ4v) is 5.90. The Morgan fingerprint density at radius 2 is 1.88 bits per heavy atom. The van der Waals surface area contributed by atoms with E-state index in [0.717, 1.165) is 43.2 Å². The van der Waals surface area contributed by atoms with E-state index in [1.54, 1.807) is 18.2 Å². The normalized spacial score (nSPS) is 20.8. The molecule has 3 aromatic carbocycles. The van der Waals surface area contributed by atoms with Gasteiger partial charge in [-0.05, 0) is 84.2 Å². The Bertz CT molecular complexity index is 1400. The number of carboxylic acids is 1. The third-order valence-electron chi connectivity index (χ3n) is 8.56. The van der Waals surface area contributed by atoms with Crippen molar-refractivity contribution in [3.05, 3.63) is 83.2 Å². The molecule has 6 nitrogen and oxygen atoms in total. The summed E-state index contributed by atoms with van der Waals surface area (Å²) in [6.07, 6.45) is 4.86. The highest BCUT2D eigenvalue weighted by Crippen LogP contribution is 2.50. The van der Waals surface area contributed by atoms with Gasteiger partial charge in [0.05, 0.1) is 20.1 Å². The predicted molar refractivity (Wildman–Crippen MR) is 154 cm³/mol. The number of halogens is 1. The Morgan fingerprint density at radius 3 is 2.59 bits per heavy atom. The van der Waals surface area contributed by atoms with Crippen LogP contribution in [0.5, 0.6) is 11.5 Å². The van der Waals surface area contributed by atoms with Crippen LogP contribution in [0.15, 0.2) is 60.7 Å². The van der Waals surface area contributed by atoms with Gasteiger partial charge in [0.25, 0.3) is 0 Å². The van der Waals surface area contributed by atoms with Crippen molar-refractivity contribution in [1.82, 2.24) is 0 Å². The molecule has 1 unspecified atom stereocenters. The molecule has 1 saturated heterocycles. The number of hydrogen-bond acceptors (Lipinski definition) is 5. The Morgan fingerprint density at radius 1 is 1.07 bits per heavy atom. The number of rotatable bonds is 11. The maximum atomic E-state index is 15.2. The molecule has 1 aliphatic carbocycles. The molecule has 41 heavy (non-hydrogen) atoms. The molecular weight excluding hydrogens is 523 g/mol. The zero-order valence-electron chi connectivity index (χ0n) is 24.0. The Balaban J connectivity index is 1.46. The Hall–Kier alpha value is -3.42. The number of methoxy groups -OCH3 is 1. The van der Waals surface area contributed by atoms with Crippen molar-refractivity contribution in [3.63, 3.8) is 0 Å². The summed E-state index contributed by atoms with van der Waals surface area (Å²) < 4.78 is 32.7. The SMILES string of the molecule is COc1ccc(F)c(-c2ccc(COc3cccc([C@H](CC(=O)O)CC4CC4)c3)cc2C2(O)OCCCC2(C)C)c1. The van der Waals surface area contributed by atoms with Crippen LogP contribution in [0.2, 0.25) is 0 Å². The lowest BCUT2D eigenvalue weighted by Gasteiger charge is -2.47. The fraction of sp³-hybridized carbons (Fsp3) is 0.441. The summed E-state index contributed by atoms with van der Waals surface area (Å²) in [6, 6.07) is 17.7. The second kappa shape index (κ2) is 11.8. The van der Waals surface area contributed by atoms with Crippen molar-refractivity contribution >= 4 is 5.97 Å². The fourth-order valence-electron chi connectivity index (χ4n) is 5.90. The molecule has 0 bridgehead atoms. The van der Waals surface area contributed by atoms with Crippen molar-refractivity contribution in [1.29, 1.82) is 0 Å². The van der Waals surface area contributed by atoms with Crippen LogP contribution in [0, 0.1) is 17.2 Å². The topological polar surface area (TPSA) is 85.2 Å². The molecule has 5 rings (SSSR count). The van der Waals surface area contributed by atoms with Crippen LogP contribution in [-0.2, 0) is 21.9 Å². The van der Waals surface area contributed by atoms with Crippen LogP contribution < -0.4 is 9.47 Å². The number of ether oxygens (including phenoxy) is 3. The third kappa shape index (κ3) is 6.41. The number of carbonyl (C=O) groups is 1. The summed E-state index contributed by atoms with van der Waals surface area (Å²) in [4.78, 5) is 11.5. The quantitative estimate of drug-likeness (QED) is 0.253. The summed E-state index contributed by atoms with van der Waals surface area (Å²) in [5, 5.41) is 21.5. The van der Waals surface area contributed by atoms with E-state index in [0.29, 0.717) is 40.7 Å². The molecule has 1 heterocycles. The lowest BCUT2D eigenvalue weighted by atomic mass is 9.72. The van der Waals surface area contributed by atoms with E-state index in [1.165, 1.54) is 13.2 Å². The largest absolute Gasteiger partial charge is 0.497 e.